The molecule has 0 radical (unpaired) electrons. The van der Waals surface area contributed by atoms with E-state index in [1.165, 1.54) is 42.5 Å². The maximum Gasteiger partial charge on any atom is 0.387 e. The zero-order valence-corrected chi connectivity index (χ0v) is 31.1. The summed E-state index contributed by atoms with van der Waals surface area (Å²) in [7, 11) is 0. The lowest BCUT2D eigenvalue weighted by atomic mass is 9.86. The molecule has 55 heavy (non-hydrogen) atoms. The SMILES string of the molecule is O=C(OC(Cc1c(Cl)c[n+]([O-])cc1Cl)c1ccc(OC(F)F)c(OCC2CC2)c1)c1cccc(NC(C(=O)O[C@H]2CN3CCC2CC3)c2cccc(O)c2)c1. The highest BCUT2D eigenvalue weighted by molar-refractivity contribution is 6.35. The molecule has 1 saturated carbocycles. The molecule has 290 valence electrons. The summed E-state index contributed by atoms with van der Waals surface area (Å²) in [6.45, 7) is -0.174. The third kappa shape index (κ3) is 9.70. The summed E-state index contributed by atoms with van der Waals surface area (Å²) in [4.78, 5) is 30.0. The fourth-order valence-electron chi connectivity index (χ4n) is 7.01. The second-order valence-electron chi connectivity index (χ2n) is 14.1. The van der Waals surface area contributed by atoms with Crippen LogP contribution in [0.1, 0.15) is 64.9 Å². The lowest BCUT2D eigenvalue weighted by molar-refractivity contribution is -0.605. The van der Waals surface area contributed by atoms with Crippen molar-refractivity contribution in [1.82, 2.24) is 4.90 Å². The van der Waals surface area contributed by atoms with Crippen molar-refractivity contribution in [3.8, 4) is 17.2 Å². The number of phenolic OH excluding ortho intramolecular Hbond substituents is 1. The van der Waals surface area contributed by atoms with Crippen LogP contribution < -0.4 is 19.5 Å². The minimum atomic E-state index is -3.10. The molecule has 2 N–H and O–H groups in total. The van der Waals surface area contributed by atoms with Gasteiger partial charge in [-0.2, -0.15) is 13.5 Å². The topological polar surface area (TPSA) is 134 Å². The first kappa shape index (κ1) is 38.4. The third-order valence-electron chi connectivity index (χ3n) is 10.1. The largest absolute Gasteiger partial charge is 0.619 e. The number of hydrogen-bond acceptors (Lipinski definition) is 10. The van der Waals surface area contributed by atoms with E-state index in [9.17, 15) is 28.7 Å². The Balaban J connectivity index is 1.15. The van der Waals surface area contributed by atoms with Crippen LogP contribution in [-0.2, 0) is 20.7 Å². The van der Waals surface area contributed by atoms with Crippen LogP contribution in [0.25, 0.3) is 0 Å². The summed E-state index contributed by atoms with van der Waals surface area (Å²) in [5, 5.41) is 25.5. The minimum absolute atomic E-state index is 0.0260. The van der Waals surface area contributed by atoms with E-state index >= 15 is 0 Å². The molecule has 2 unspecified atom stereocenters. The van der Waals surface area contributed by atoms with Gasteiger partial charge in [-0.15, -0.1) is 0 Å². The van der Waals surface area contributed by atoms with Gasteiger partial charge in [-0.1, -0.05) is 47.5 Å². The van der Waals surface area contributed by atoms with E-state index in [1.54, 1.807) is 24.3 Å². The summed E-state index contributed by atoms with van der Waals surface area (Å²) in [5.41, 5.74) is 1.65. The average molecular weight is 799 g/mol. The lowest BCUT2D eigenvalue weighted by Crippen LogP contribution is -2.52. The molecule has 11 nitrogen and oxygen atoms in total. The number of anilines is 1. The van der Waals surface area contributed by atoms with E-state index in [-0.39, 0.29) is 51.3 Å². The lowest BCUT2D eigenvalue weighted by Gasteiger charge is -2.44. The van der Waals surface area contributed by atoms with Gasteiger partial charge in [0.25, 0.3) is 0 Å². The van der Waals surface area contributed by atoms with Crippen molar-refractivity contribution in [3.05, 3.63) is 117 Å². The molecule has 1 aromatic heterocycles. The number of rotatable bonds is 15. The van der Waals surface area contributed by atoms with Gasteiger partial charge in [0.2, 0.25) is 0 Å². The molecule has 4 aromatic rings. The van der Waals surface area contributed by atoms with Crippen LogP contribution in [-0.4, -0.2) is 60.9 Å². The predicted octanol–water partition coefficient (Wildman–Crippen LogP) is 7.65. The number of aromatic hydroxyl groups is 1. The van der Waals surface area contributed by atoms with Gasteiger partial charge in [-0.05, 0) is 104 Å². The molecule has 3 saturated heterocycles. The van der Waals surface area contributed by atoms with E-state index in [2.05, 4.69) is 10.2 Å². The number of nitrogens with one attached hydrogen (secondary N) is 1. The zero-order chi connectivity index (χ0) is 38.6. The number of esters is 2. The number of phenols is 1. The van der Waals surface area contributed by atoms with E-state index in [0.29, 0.717) is 46.2 Å². The first-order chi connectivity index (χ1) is 26.5. The number of aromatic nitrogens is 1. The maximum atomic E-state index is 13.9. The van der Waals surface area contributed by atoms with E-state index < -0.39 is 30.7 Å². The number of pyridine rings is 1. The molecule has 4 fully saturated rings. The molecular weight excluding hydrogens is 759 g/mol. The molecule has 15 heteroatoms. The van der Waals surface area contributed by atoms with Crippen molar-refractivity contribution >= 4 is 40.8 Å². The molecule has 8 rings (SSSR count). The van der Waals surface area contributed by atoms with Crippen molar-refractivity contribution < 1.29 is 47.2 Å². The Kier molecular flexibility index (Phi) is 11.8. The van der Waals surface area contributed by atoms with Gasteiger partial charge in [0.05, 0.1) is 12.2 Å². The first-order valence-corrected chi connectivity index (χ1v) is 18.8. The van der Waals surface area contributed by atoms with Crippen LogP contribution in [0, 0.1) is 17.0 Å². The summed E-state index contributed by atoms with van der Waals surface area (Å²) in [6.07, 6.45) is 4.62. The van der Waals surface area contributed by atoms with Gasteiger partial charge in [-0.3, -0.25) is 4.90 Å². The molecule has 0 spiro atoms. The predicted molar refractivity (Wildman–Crippen MR) is 199 cm³/mol. The van der Waals surface area contributed by atoms with Gasteiger partial charge in [0, 0.05) is 24.2 Å². The molecule has 0 amide bonds. The van der Waals surface area contributed by atoms with Crippen LogP contribution in [0.2, 0.25) is 10.0 Å². The molecule has 4 heterocycles. The molecule has 3 aliphatic heterocycles. The Morgan fingerprint density at radius 2 is 1.69 bits per heavy atom. The highest BCUT2D eigenvalue weighted by Crippen LogP contribution is 2.38. The van der Waals surface area contributed by atoms with Crippen LogP contribution in [0.4, 0.5) is 14.5 Å². The second-order valence-corrected chi connectivity index (χ2v) is 14.9. The average Bonchev–Trinajstić information content (AvgIpc) is 3.99. The quantitative estimate of drug-likeness (QED) is 0.0702. The normalized spacial score (nSPS) is 20.1. The number of nitrogens with zero attached hydrogens (tertiary/aromatic N) is 2. The van der Waals surface area contributed by atoms with Gasteiger partial charge in [0.1, 0.15) is 28.0 Å². The number of ether oxygens (including phenoxy) is 4. The van der Waals surface area contributed by atoms with E-state index in [4.69, 9.17) is 42.1 Å². The van der Waals surface area contributed by atoms with Crippen LogP contribution in [0.3, 0.4) is 0 Å². The van der Waals surface area contributed by atoms with Crippen molar-refractivity contribution in [2.24, 2.45) is 11.8 Å². The van der Waals surface area contributed by atoms with Gasteiger partial charge in [-0.25, -0.2) is 9.59 Å². The van der Waals surface area contributed by atoms with Gasteiger partial charge < -0.3 is 34.6 Å². The number of alkyl halides is 2. The minimum Gasteiger partial charge on any atom is -0.619 e. The summed E-state index contributed by atoms with van der Waals surface area (Å²) in [5.74, 6) is -0.877. The van der Waals surface area contributed by atoms with Crippen LogP contribution in [0.5, 0.6) is 17.2 Å². The fraction of sp³-hybridized carbons (Fsp3) is 0.375. The van der Waals surface area contributed by atoms with Crippen LogP contribution >= 0.6 is 23.2 Å². The standard InChI is InChI=1S/C40H39Cl2F2N3O8/c41-31-19-47(51)20-32(42)30(31)18-34(25-9-10-33(55-40(43)44)35(17-25)52-22-23-7-8-23)53-38(49)27-4-1-5-28(15-27)45-37(26-3-2-6-29(48)16-26)39(50)54-36-21-46-13-11-24(36)12-14-46/h1-6,9-10,15-17,19-20,23-24,34,36-37,40,45,48H,7-8,11-14,18,21-22H2/t34?,36-,37?/m0/s1. The van der Waals surface area contributed by atoms with Gasteiger partial charge in [0.15, 0.2) is 29.9 Å². The Morgan fingerprint density at radius 3 is 2.36 bits per heavy atom. The van der Waals surface area contributed by atoms with Crippen molar-refractivity contribution in [3.63, 3.8) is 0 Å². The third-order valence-corrected chi connectivity index (χ3v) is 10.8. The highest BCUT2D eigenvalue weighted by atomic mass is 35.5. The fourth-order valence-corrected chi connectivity index (χ4v) is 7.60. The summed E-state index contributed by atoms with van der Waals surface area (Å²) < 4.78 is 49.8. The molecule has 2 bridgehead atoms. The number of benzene rings is 3. The first-order valence-electron chi connectivity index (χ1n) is 18.1. The monoisotopic (exact) mass is 797 g/mol. The number of piperidine rings is 3. The Morgan fingerprint density at radius 1 is 0.945 bits per heavy atom. The van der Waals surface area contributed by atoms with E-state index in [0.717, 1.165) is 51.2 Å². The Hall–Kier alpha value is -4.85. The molecular formula is C40H39Cl2F2N3O8. The highest BCUT2D eigenvalue weighted by Gasteiger charge is 2.38. The van der Waals surface area contributed by atoms with Crippen molar-refractivity contribution in [1.29, 1.82) is 0 Å². The zero-order valence-electron chi connectivity index (χ0n) is 29.5. The van der Waals surface area contributed by atoms with Crippen LogP contribution in [0.15, 0.2) is 79.1 Å². The van der Waals surface area contributed by atoms with E-state index in [1.807, 2.05) is 0 Å². The van der Waals surface area contributed by atoms with Crippen molar-refractivity contribution in [2.75, 3.05) is 31.6 Å². The Labute approximate surface area is 326 Å². The number of hydrogen-bond donors (Lipinski definition) is 2. The molecule has 4 aliphatic rings. The summed E-state index contributed by atoms with van der Waals surface area (Å²) in [6, 6.07) is 15.9. The van der Waals surface area contributed by atoms with Gasteiger partial charge >= 0.3 is 18.6 Å². The Bertz CT molecular complexity index is 2010. The smallest absolute Gasteiger partial charge is 0.387 e. The molecule has 3 aromatic carbocycles. The molecule has 3 atom stereocenters. The number of fused-ring (bicyclic) bond motifs is 3. The number of carbonyl (C=O) groups is 2. The maximum absolute atomic E-state index is 13.9. The molecule has 1 aliphatic carbocycles. The summed E-state index contributed by atoms with van der Waals surface area (Å²) >= 11 is 12.8. The number of halogens is 4. The van der Waals surface area contributed by atoms with Crippen molar-refractivity contribution in [2.45, 2.75) is 57.0 Å². The second kappa shape index (κ2) is 16.9. The number of carbonyl (C=O) groups excluding carboxylic acids is 2.